The summed E-state index contributed by atoms with van der Waals surface area (Å²) in [5, 5.41) is 4.87. The van der Waals surface area contributed by atoms with Gasteiger partial charge in [0, 0.05) is 16.3 Å². The van der Waals surface area contributed by atoms with Crippen molar-refractivity contribution in [3.05, 3.63) is 66.7 Å². The van der Waals surface area contributed by atoms with Gasteiger partial charge in [0.15, 0.2) is 0 Å². The van der Waals surface area contributed by atoms with Crippen LogP contribution in [0.2, 0.25) is 0 Å². The van der Waals surface area contributed by atoms with Crippen LogP contribution in [0.1, 0.15) is 27.7 Å². The highest BCUT2D eigenvalue weighted by Crippen LogP contribution is 2.51. The van der Waals surface area contributed by atoms with Crippen molar-refractivity contribution in [2.24, 2.45) is 0 Å². The molecule has 2 heterocycles. The molecule has 0 amide bonds. The van der Waals surface area contributed by atoms with Gasteiger partial charge in [-0.3, -0.25) is 0 Å². The minimum atomic E-state index is -0.397. The van der Waals surface area contributed by atoms with Crippen molar-refractivity contribution in [1.29, 1.82) is 0 Å². The number of furan rings is 1. The first-order valence-corrected chi connectivity index (χ1v) is 11.2. The largest absolute Gasteiger partial charge is 0.494 e. The van der Waals surface area contributed by atoms with Crippen LogP contribution in [0.5, 0.6) is 0 Å². The lowest BCUT2D eigenvalue weighted by molar-refractivity contribution is 0.00578. The molecule has 0 atom stereocenters. The molecule has 4 aromatic carbocycles. The normalized spacial score (nSPS) is 18.2. The summed E-state index contributed by atoms with van der Waals surface area (Å²) >= 11 is 0. The Labute approximate surface area is 187 Å². The van der Waals surface area contributed by atoms with Gasteiger partial charge in [-0.05, 0) is 78.8 Å². The number of fused-ring (bicyclic) bond motifs is 7. The molecular weight excluding hydrogens is 395 g/mol. The maximum absolute atomic E-state index is 6.32. The van der Waals surface area contributed by atoms with E-state index in [-0.39, 0.29) is 11.2 Å². The highest BCUT2D eigenvalue weighted by molar-refractivity contribution is 6.62. The van der Waals surface area contributed by atoms with E-state index in [1.807, 2.05) is 6.07 Å². The maximum atomic E-state index is 6.32. The zero-order chi connectivity index (χ0) is 21.8. The lowest BCUT2D eigenvalue weighted by Gasteiger charge is -2.32. The summed E-state index contributed by atoms with van der Waals surface area (Å²) in [6.45, 7) is 8.35. The van der Waals surface area contributed by atoms with Gasteiger partial charge in [-0.1, -0.05) is 48.5 Å². The van der Waals surface area contributed by atoms with Crippen LogP contribution in [0.15, 0.2) is 71.1 Å². The molecule has 0 bridgehead atoms. The lowest BCUT2D eigenvalue weighted by atomic mass is 9.78. The van der Waals surface area contributed by atoms with Gasteiger partial charge in [0.2, 0.25) is 0 Å². The molecule has 156 valence electrons. The minimum Gasteiger partial charge on any atom is -0.456 e. The van der Waals surface area contributed by atoms with Crippen molar-refractivity contribution in [2.45, 2.75) is 38.9 Å². The number of hydrogen-bond acceptors (Lipinski definition) is 3. The lowest BCUT2D eigenvalue weighted by Crippen LogP contribution is -2.41. The molecule has 7 rings (SSSR count). The standard InChI is InChI=1S/C28H23BO3/c1-27(2)28(3,4)32-29(31-27)17-11-13-22-21(15-17)26-23(30-22)14-12-19-18-9-5-7-16-8-6-10-20(24(16)18)25(19)26/h5-15H,1-4H3. The van der Waals surface area contributed by atoms with Crippen molar-refractivity contribution < 1.29 is 13.7 Å². The van der Waals surface area contributed by atoms with E-state index in [0.29, 0.717) is 0 Å². The van der Waals surface area contributed by atoms with Crippen LogP contribution in [0, 0.1) is 0 Å². The molecule has 5 aromatic rings. The summed E-state index contributed by atoms with van der Waals surface area (Å²) < 4.78 is 18.9. The van der Waals surface area contributed by atoms with Crippen LogP contribution < -0.4 is 5.46 Å². The smallest absolute Gasteiger partial charge is 0.456 e. The molecule has 1 aliphatic carbocycles. The SMILES string of the molecule is CC1(C)OB(c2ccc3oc4ccc5c(c4c3c2)-c2cccc3cccc-5c23)OC1(C)C. The van der Waals surface area contributed by atoms with Gasteiger partial charge in [0.1, 0.15) is 11.2 Å². The molecule has 4 heteroatoms. The first kappa shape index (κ1) is 18.5. The van der Waals surface area contributed by atoms with Crippen LogP contribution in [0.25, 0.3) is 55.0 Å². The quantitative estimate of drug-likeness (QED) is 0.279. The Morgan fingerprint density at radius 1 is 0.656 bits per heavy atom. The van der Waals surface area contributed by atoms with Crippen molar-refractivity contribution in [3.8, 4) is 22.3 Å². The van der Waals surface area contributed by atoms with Crippen molar-refractivity contribution in [3.63, 3.8) is 0 Å². The molecule has 0 N–H and O–H groups in total. The van der Waals surface area contributed by atoms with Crippen molar-refractivity contribution in [2.75, 3.05) is 0 Å². The second-order valence-corrected chi connectivity index (χ2v) is 10.0. The number of rotatable bonds is 1. The fraction of sp³-hybridized carbons (Fsp3) is 0.214. The predicted molar refractivity (Wildman–Crippen MR) is 131 cm³/mol. The zero-order valence-electron chi connectivity index (χ0n) is 18.7. The molecule has 3 nitrogen and oxygen atoms in total. The van der Waals surface area contributed by atoms with E-state index in [9.17, 15) is 0 Å². The maximum Gasteiger partial charge on any atom is 0.494 e. The molecule has 1 fully saturated rings. The molecule has 0 radical (unpaired) electrons. The van der Waals surface area contributed by atoms with Crippen LogP contribution in [-0.4, -0.2) is 18.3 Å². The van der Waals surface area contributed by atoms with Gasteiger partial charge in [0.05, 0.1) is 11.2 Å². The van der Waals surface area contributed by atoms with Crippen LogP contribution >= 0.6 is 0 Å². The molecular formula is C28H23BO3. The molecule has 1 saturated heterocycles. The van der Waals surface area contributed by atoms with Crippen molar-refractivity contribution >= 4 is 45.3 Å². The van der Waals surface area contributed by atoms with E-state index in [1.54, 1.807) is 0 Å². The monoisotopic (exact) mass is 418 g/mol. The first-order valence-electron chi connectivity index (χ1n) is 11.2. The predicted octanol–water partition coefficient (Wildman–Crippen LogP) is 6.69. The Hall–Kier alpha value is -3.08. The third-order valence-electron chi connectivity index (χ3n) is 7.65. The molecule has 0 saturated carbocycles. The summed E-state index contributed by atoms with van der Waals surface area (Å²) in [6.07, 6.45) is 0. The van der Waals surface area contributed by atoms with Crippen LogP contribution in [0.4, 0.5) is 0 Å². The second-order valence-electron chi connectivity index (χ2n) is 10.0. The molecule has 0 unspecified atom stereocenters. The topological polar surface area (TPSA) is 31.6 Å². The van der Waals surface area contributed by atoms with Gasteiger partial charge in [0.25, 0.3) is 0 Å². The Balaban J connectivity index is 1.50. The van der Waals surface area contributed by atoms with E-state index in [0.717, 1.165) is 22.0 Å². The van der Waals surface area contributed by atoms with E-state index in [2.05, 4.69) is 88.4 Å². The summed E-state index contributed by atoms with van der Waals surface area (Å²) in [7, 11) is -0.397. The van der Waals surface area contributed by atoms with E-state index in [4.69, 9.17) is 13.7 Å². The number of hydrogen-bond donors (Lipinski definition) is 0. The molecule has 2 aliphatic rings. The fourth-order valence-electron chi connectivity index (χ4n) is 5.29. The third-order valence-corrected chi connectivity index (χ3v) is 7.65. The minimum absolute atomic E-state index is 0.371. The Morgan fingerprint density at radius 2 is 1.34 bits per heavy atom. The third kappa shape index (κ3) is 2.24. The highest BCUT2D eigenvalue weighted by Gasteiger charge is 2.51. The Kier molecular flexibility index (Phi) is 3.37. The first-order chi connectivity index (χ1) is 15.3. The van der Waals surface area contributed by atoms with Crippen LogP contribution in [0.3, 0.4) is 0 Å². The van der Waals surface area contributed by atoms with E-state index >= 15 is 0 Å². The molecule has 1 aromatic heterocycles. The molecule has 32 heavy (non-hydrogen) atoms. The Morgan fingerprint density at radius 3 is 2.09 bits per heavy atom. The number of benzene rings is 4. The Bertz CT molecular complexity index is 1570. The summed E-state index contributed by atoms with van der Waals surface area (Å²) in [5.74, 6) is 0. The average Bonchev–Trinajstić information content (AvgIpc) is 3.36. The highest BCUT2D eigenvalue weighted by atomic mass is 16.7. The zero-order valence-corrected chi connectivity index (χ0v) is 18.7. The molecule has 1 aliphatic heterocycles. The van der Waals surface area contributed by atoms with Gasteiger partial charge in [-0.25, -0.2) is 0 Å². The molecule has 0 spiro atoms. The van der Waals surface area contributed by atoms with Gasteiger partial charge in [-0.2, -0.15) is 0 Å². The summed E-state index contributed by atoms with van der Waals surface area (Å²) in [6, 6.07) is 23.7. The van der Waals surface area contributed by atoms with Gasteiger partial charge < -0.3 is 13.7 Å². The van der Waals surface area contributed by atoms with Gasteiger partial charge in [-0.15, -0.1) is 0 Å². The fourth-order valence-corrected chi connectivity index (χ4v) is 5.29. The van der Waals surface area contributed by atoms with Crippen molar-refractivity contribution in [1.82, 2.24) is 0 Å². The summed E-state index contributed by atoms with van der Waals surface area (Å²) in [5.41, 5.74) is 7.19. The van der Waals surface area contributed by atoms with E-state index in [1.165, 1.54) is 38.4 Å². The second kappa shape index (κ2) is 5.83. The summed E-state index contributed by atoms with van der Waals surface area (Å²) in [4.78, 5) is 0. The van der Waals surface area contributed by atoms with Gasteiger partial charge >= 0.3 is 7.12 Å². The van der Waals surface area contributed by atoms with E-state index < -0.39 is 7.12 Å². The van der Waals surface area contributed by atoms with Crippen LogP contribution in [-0.2, 0) is 9.31 Å². The average molecular weight is 418 g/mol.